The molecule has 0 saturated heterocycles. The van der Waals surface area contributed by atoms with Gasteiger partial charge >= 0.3 is 0 Å². The van der Waals surface area contributed by atoms with Gasteiger partial charge in [-0.2, -0.15) is 0 Å². The minimum Gasteiger partial charge on any atom is -0.311 e. The summed E-state index contributed by atoms with van der Waals surface area (Å²) in [5.41, 5.74) is 19.5. The highest BCUT2D eigenvalue weighted by Gasteiger charge is 2.19. The van der Waals surface area contributed by atoms with Crippen LogP contribution in [0.15, 0.2) is 127 Å². The van der Waals surface area contributed by atoms with Gasteiger partial charge in [-0.1, -0.05) is 152 Å². The lowest BCUT2D eigenvalue weighted by molar-refractivity contribution is 0.589. The van der Waals surface area contributed by atoms with Crippen molar-refractivity contribution < 1.29 is 0 Å². The first-order valence-electron chi connectivity index (χ1n) is 18.7. The molecule has 260 valence electrons. The zero-order valence-corrected chi connectivity index (χ0v) is 32.5. The Balaban J connectivity index is 1.40. The maximum atomic E-state index is 2.40. The summed E-state index contributed by atoms with van der Waals surface area (Å²) in [4.78, 5) is 2.38. The van der Waals surface area contributed by atoms with E-state index >= 15 is 0 Å². The van der Waals surface area contributed by atoms with E-state index in [4.69, 9.17) is 0 Å². The Bertz CT molecular complexity index is 2010. The van der Waals surface area contributed by atoms with E-state index in [9.17, 15) is 0 Å². The summed E-state index contributed by atoms with van der Waals surface area (Å²) in [7, 11) is 0. The molecule has 0 spiro atoms. The first-order chi connectivity index (χ1) is 24.3. The summed E-state index contributed by atoms with van der Waals surface area (Å²) >= 11 is 0. The number of hydrogen-bond acceptors (Lipinski definition) is 1. The van der Waals surface area contributed by atoms with Gasteiger partial charge in [-0.3, -0.25) is 0 Å². The molecule has 1 heteroatoms. The van der Waals surface area contributed by atoms with E-state index in [1.165, 1.54) is 66.8 Å². The number of aryl methyl sites for hydroxylation is 4. The lowest BCUT2D eigenvalue weighted by Gasteiger charge is -2.27. The maximum Gasteiger partial charge on any atom is 0.0462 e. The van der Waals surface area contributed by atoms with Crippen molar-refractivity contribution in [2.75, 3.05) is 4.90 Å². The Morgan fingerprint density at radius 2 is 0.765 bits per heavy atom. The molecule has 0 saturated carbocycles. The predicted octanol–water partition coefficient (Wildman–Crippen LogP) is 14.5. The average Bonchev–Trinajstić information content (AvgIpc) is 3.11. The van der Waals surface area contributed by atoms with Crippen molar-refractivity contribution in [2.45, 2.75) is 92.9 Å². The minimum absolute atomic E-state index is 0.129. The average molecular weight is 670 g/mol. The molecule has 0 unspecified atom stereocenters. The smallest absolute Gasteiger partial charge is 0.0462 e. The fourth-order valence-corrected chi connectivity index (χ4v) is 7.22. The standard InChI is InChI=1S/C50H55N/c1-11-36-32-41(49(5,6)7)20-29-47(36)39-16-24-44(25-17-39)51(43-22-14-38(15-23-43)46-28-13-34(3)31-35(46)4)45-26-18-40(19-27-45)48-30-21-42(50(8,9)10)33-37(48)12-2/h13-33H,11-12H2,1-10H3. The van der Waals surface area contributed by atoms with Gasteiger partial charge in [0.15, 0.2) is 0 Å². The van der Waals surface area contributed by atoms with E-state index < -0.39 is 0 Å². The van der Waals surface area contributed by atoms with Crippen molar-refractivity contribution in [2.24, 2.45) is 0 Å². The van der Waals surface area contributed by atoms with Gasteiger partial charge in [0.2, 0.25) is 0 Å². The van der Waals surface area contributed by atoms with Crippen molar-refractivity contribution in [1.29, 1.82) is 0 Å². The first kappa shape index (κ1) is 35.9. The van der Waals surface area contributed by atoms with E-state index in [1.54, 1.807) is 0 Å². The SMILES string of the molecule is CCc1cc(C(C)(C)C)ccc1-c1ccc(N(c2ccc(-c3ccc(C)cc3C)cc2)c2ccc(-c3ccc(C(C)(C)C)cc3CC)cc2)cc1. The summed E-state index contributed by atoms with van der Waals surface area (Å²) in [6.45, 7) is 22.6. The minimum atomic E-state index is 0.129. The number of nitrogens with zero attached hydrogens (tertiary/aromatic N) is 1. The molecule has 6 aromatic rings. The second kappa shape index (κ2) is 14.4. The lowest BCUT2D eigenvalue weighted by Crippen LogP contribution is -2.11. The normalized spacial score (nSPS) is 11.9. The molecule has 0 aromatic heterocycles. The van der Waals surface area contributed by atoms with Gasteiger partial charge in [0.05, 0.1) is 0 Å². The topological polar surface area (TPSA) is 3.24 Å². The molecule has 0 fully saturated rings. The van der Waals surface area contributed by atoms with Crippen LogP contribution in [0.5, 0.6) is 0 Å². The van der Waals surface area contributed by atoms with Crippen molar-refractivity contribution >= 4 is 17.1 Å². The first-order valence-corrected chi connectivity index (χ1v) is 18.7. The molecule has 0 aliphatic rings. The third-order valence-corrected chi connectivity index (χ3v) is 10.4. The Labute approximate surface area is 308 Å². The Morgan fingerprint density at radius 1 is 0.412 bits per heavy atom. The highest BCUT2D eigenvalue weighted by molar-refractivity contribution is 5.82. The van der Waals surface area contributed by atoms with Gasteiger partial charge in [0.1, 0.15) is 0 Å². The van der Waals surface area contributed by atoms with Crippen LogP contribution in [-0.2, 0) is 23.7 Å². The highest BCUT2D eigenvalue weighted by atomic mass is 15.1. The molecule has 0 bridgehead atoms. The fourth-order valence-electron chi connectivity index (χ4n) is 7.22. The number of rotatable bonds is 8. The van der Waals surface area contributed by atoms with Gasteiger partial charge in [0.25, 0.3) is 0 Å². The molecule has 0 heterocycles. The molecule has 1 nitrogen and oxygen atoms in total. The molecule has 0 amide bonds. The monoisotopic (exact) mass is 669 g/mol. The summed E-state index contributed by atoms with van der Waals surface area (Å²) in [6.07, 6.45) is 2.01. The van der Waals surface area contributed by atoms with Gasteiger partial charge in [-0.25, -0.2) is 0 Å². The van der Waals surface area contributed by atoms with Crippen LogP contribution in [-0.4, -0.2) is 0 Å². The van der Waals surface area contributed by atoms with E-state index in [0.29, 0.717) is 0 Å². The van der Waals surface area contributed by atoms with Crippen molar-refractivity contribution in [1.82, 2.24) is 0 Å². The van der Waals surface area contributed by atoms with Crippen LogP contribution in [0.4, 0.5) is 17.1 Å². The maximum absolute atomic E-state index is 2.40. The Morgan fingerprint density at radius 3 is 1.10 bits per heavy atom. The van der Waals surface area contributed by atoms with E-state index in [0.717, 1.165) is 29.9 Å². The molecule has 0 aliphatic carbocycles. The van der Waals surface area contributed by atoms with Crippen LogP contribution in [0, 0.1) is 13.8 Å². The fraction of sp³-hybridized carbons (Fsp3) is 0.280. The predicted molar refractivity (Wildman–Crippen MR) is 223 cm³/mol. The molecule has 6 rings (SSSR count). The second-order valence-corrected chi connectivity index (χ2v) is 16.2. The third-order valence-electron chi connectivity index (χ3n) is 10.4. The van der Waals surface area contributed by atoms with Crippen molar-refractivity contribution in [3.8, 4) is 33.4 Å². The summed E-state index contributed by atoms with van der Waals surface area (Å²) in [5.74, 6) is 0. The molecule has 51 heavy (non-hydrogen) atoms. The van der Waals surface area contributed by atoms with E-state index in [2.05, 4.69) is 202 Å². The van der Waals surface area contributed by atoms with Gasteiger partial charge in [0, 0.05) is 17.1 Å². The summed E-state index contributed by atoms with van der Waals surface area (Å²) < 4.78 is 0. The Kier molecular flexibility index (Phi) is 10.1. The second-order valence-electron chi connectivity index (χ2n) is 16.2. The molecule has 0 aliphatic heterocycles. The van der Waals surface area contributed by atoms with Crippen LogP contribution in [0.2, 0.25) is 0 Å². The molecule has 6 aromatic carbocycles. The van der Waals surface area contributed by atoms with Gasteiger partial charge < -0.3 is 4.90 Å². The van der Waals surface area contributed by atoms with Crippen LogP contribution < -0.4 is 4.90 Å². The highest BCUT2D eigenvalue weighted by Crippen LogP contribution is 2.39. The van der Waals surface area contributed by atoms with Crippen LogP contribution in [0.25, 0.3) is 33.4 Å². The molecular weight excluding hydrogens is 615 g/mol. The number of anilines is 3. The van der Waals surface area contributed by atoms with Crippen LogP contribution in [0.3, 0.4) is 0 Å². The van der Waals surface area contributed by atoms with Crippen molar-refractivity contribution in [3.63, 3.8) is 0 Å². The van der Waals surface area contributed by atoms with Gasteiger partial charge in [-0.05, 0) is 135 Å². The molecule has 0 radical (unpaired) electrons. The van der Waals surface area contributed by atoms with Crippen LogP contribution >= 0.6 is 0 Å². The summed E-state index contributed by atoms with van der Waals surface area (Å²) in [6, 6.07) is 48.0. The zero-order valence-electron chi connectivity index (χ0n) is 32.5. The van der Waals surface area contributed by atoms with E-state index in [1.807, 2.05) is 0 Å². The molecule has 0 N–H and O–H groups in total. The number of hydrogen-bond donors (Lipinski definition) is 0. The Hall–Kier alpha value is -4.88. The molecular formula is C50H55N. The molecule has 0 atom stereocenters. The zero-order chi connectivity index (χ0) is 36.5. The van der Waals surface area contributed by atoms with Crippen LogP contribution in [0.1, 0.15) is 88.8 Å². The lowest BCUT2D eigenvalue weighted by atomic mass is 9.84. The van der Waals surface area contributed by atoms with Gasteiger partial charge in [-0.15, -0.1) is 0 Å². The number of benzene rings is 6. The third kappa shape index (κ3) is 7.74. The van der Waals surface area contributed by atoms with Crippen molar-refractivity contribution in [3.05, 3.63) is 161 Å². The van der Waals surface area contributed by atoms with E-state index in [-0.39, 0.29) is 10.8 Å². The summed E-state index contributed by atoms with van der Waals surface area (Å²) in [5, 5.41) is 0. The quantitative estimate of drug-likeness (QED) is 0.156. The largest absolute Gasteiger partial charge is 0.311 e.